The summed E-state index contributed by atoms with van der Waals surface area (Å²) in [7, 11) is -18.5. The van der Waals surface area contributed by atoms with Crippen LogP contribution in [0.15, 0.2) is 4.52 Å². The second-order valence-corrected chi connectivity index (χ2v) is 8.36. The van der Waals surface area contributed by atoms with Gasteiger partial charge in [-0.05, 0) is 0 Å². The van der Waals surface area contributed by atoms with Crippen molar-refractivity contribution in [3.63, 3.8) is 0 Å². The summed E-state index contributed by atoms with van der Waals surface area (Å²) in [5.74, 6) is 0. The summed E-state index contributed by atoms with van der Waals surface area (Å²) in [6, 6.07) is 0. The molecule has 1 aliphatic heterocycles. The van der Waals surface area contributed by atoms with Crippen LogP contribution in [0.3, 0.4) is 0 Å². The van der Waals surface area contributed by atoms with Crippen molar-refractivity contribution >= 4 is 24.1 Å². The van der Waals surface area contributed by atoms with E-state index in [0.717, 1.165) is 6.92 Å². The van der Waals surface area contributed by atoms with Crippen molar-refractivity contribution in [2.24, 2.45) is 4.52 Å². The quantitative estimate of drug-likeness (QED) is 0.379. The molecule has 1 unspecified atom stereocenters. The first-order valence-corrected chi connectivity index (χ1v) is 8.02. The molecule has 0 aliphatic carbocycles. The van der Waals surface area contributed by atoms with Crippen molar-refractivity contribution in [2.45, 2.75) is 6.92 Å². The van der Waals surface area contributed by atoms with Gasteiger partial charge in [0.2, 0.25) is 0 Å². The fraction of sp³-hybridized carbons (Fsp3) is 1.00. The Morgan fingerprint density at radius 2 is 1.88 bits per heavy atom. The Bertz CT molecular complexity index is 346. The van der Waals surface area contributed by atoms with Crippen LogP contribution in [0.25, 0.3) is 0 Å². The van der Waals surface area contributed by atoms with E-state index in [1.54, 1.807) is 4.52 Å². The molecule has 0 bridgehead atoms. The summed E-state index contributed by atoms with van der Waals surface area (Å²) < 4.78 is 91.1. The molecule has 1 heterocycles. The minimum atomic E-state index is -7.83. The Hall–Kier alpha value is 0.480. The van der Waals surface area contributed by atoms with E-state index in [0.29, 0.717) is 0 Å². The third-order valence-corrected chi connectivity index (χ3v) is 8.08. The summed E-state index contributed by atoms with van der Waals surface area (Å²) in [4.78, 5) is 0. The van der Waals surface area contributed by atoms with Crippen LogP contribution in [-0.2, 0) is 4.52 Å². The Morgan fingerprint density at radius 3 is 2.31 bits per heavy atom. The zero-order chi connectivity index (χ0) is 12.8. The van der Waals surface area contributed by atoms with Crippen molar-refractivity contribution in [3.05, 3.63) is 0 Å². The predicted molar refractivity (Wildman–Crippen MR) is 46.2 cm³/mol. The van der Waals surface area contributed by atoms with E-state index in [4.69, 9.17) is 0 Å². The van der Waals surface area contributed by atoms with E-state index in [-0.39, 0.29) is 0 Å². The van der Waals surface area contributed by atoms with Crippen molar-refractivity contribution < 1.29 is 34.5 Å². The normalized spacial score (nSPS) is 36.0. The first kappa shape index (κ1) is 14.5. The second-order valence-electron chi connectivity index (χ2n) is 2.44. The summed E-state index contributed by atoms with van der Waals surface area (Å²) in [6.07, 6.45) is 0. The molecule has 14 heteroatoms. The van der Waals surface area contributed by atoms with E-state index in [9.17, 15) is 29.9 Å². The molecular weight excluding hydrogens is 308 g/mol. The molecule has 0 fully saturated rings. The monoisotopic (exact) mass is 313 g/mol. The standard InChI is InChI=1S/C2H5F7N3OP3/c1-2-13-16(8,9)11(3)14(5)10-15(6,7)12(16)4/h2H2,1H3. The van der Waals surface area contributed by atoms with Gasteiger partial charge in [0.1, 0.15) is 0 Å². The Labute approximate surface area is 86.9 Å². The van der Waals surface area contributed by atoms with Gasteiger partial charge in [0.25, 0.3) is 0 Å². The molecule has 16 heavy (non-hydrogen) atoms. The molecule has 0 saturated heterocycles. The van der Waals surface area contributed by atoms with Crippen LogP contribution in [0.2, 0.25) is 0 Å². The van der Waals surface area contributed by atoms with Gasteiger partial charge in [0, 0.05) is 0 Å². The summed E-state index contributed by atoms with van der Waals surface area (Å²) in [5, 5.41) is 0. The van der Waals surface area contributed by atoms with Gasteiger partial charge in [-0.3, -0.25) is 0 Å². The average Bonchev–Trinajstić information content (AvgIpc) is 2.13. The van der Waals surface area contributed by atoms with Crippen LogP contribution in [-0.4, -0.2) is 15.9 Å². The van der Waals surface area contributed by atoms with Crippen LogP contribution < -0.4 is 0 Å². The maximum absolute atomic E-state index is 13.4. The molecular formula is C2H5F7N3OP3. The Morgan fingerprint density at radius 1 is 1.38 bits per heavy atom. The number of halogens is 7. The van der Waals surface area contributed by atoms with E-state index < -0.39 is 40.0 Å². The molecule has 1 atom stereocenters. The predicted octanol–water partition coefficient (Wildman–Crippen LogP) is 5.56. The number of nitrogens with zero attached hydrogens (tertiary/aromatic N) is 3. The molecule has 0 saturated carbocycles. The first-order chi connectivity index (χ1) is 7.05. The molecule has 1 aliphatic rings. The van der Waals surface area contributed by atoms with Gasteiger partial charge >= 0.3 is 86.0 Å². The summed E-state index contributed by atoms with van der Waals surface area (Å²) >= 11 is 0. The number of rotatable bonds is 2. The van der Waals surface area contributed by atoms with Crippen molar-refractivity contribution in [2.75, 3.05) is 6.61 Å². The van der Waals surface area contributed by atoms with Gasteiger partial charge in [0.05, 0.1) is 0 Å². The van der Waals surface area contributed by atoms with Gasteiger partial charge < -0.3 is 0 Å². The fourth-order valence-electron chi connectivity index (χ4n) is 0.816. The van der Waals surface area contributed by atoms with E-state index in [1.807, 2.05) is 0 Å². The zero-order valence-electron chi connectivity index (χ0n) is 7.44. The van der Waals surface area contributed by atoms with Crippen molar-refractivity contribution in [1.29, 1.82) is 0 Å². The Kier molecular flexibility index (Phi) is 3.64. The first-order valence-electron chi connectivity index (χ1n) is 3.56. The zero-order valence-corrected chi connectivity index (χ0v) is 10.1. The summed E-state index contributed by atoms with van der Waals surface area (Å²) in [5.41, 5.74) is 0. The molecule has 0 aromatic heterocycles. The minimum absolute atomic E-state index is 0.901. The van der Waals surface area contributed by atoms with Crippen LogP contribution >= 0.6 is 24.1 Å². The van der Waals surface area contributed by atoms with Gasteiger partial charge in [0.15, 0.2) is 0 Å². The molecule has 0 aromatic carbocycles. The number of hydrogen-bond donors (Lipinski definition) is 0. The number of hydrogen-bond acceptors (Lipinski definition) is 4. The van der Waals surface area contributed by atoms with Crippen LogP contribution in [0.1, 0.15) is 6.92 Å². The molecule has 0 amide bonds. The molecule has 98 valence electrons. The van der Waals surface area contributed by atoms with Crippen molar-refractivity contribution in [1.82, 2.24) is 9.33 Å². The summed E-state index contributed by atoms with van der Waals surface area (Å²) in [6.45, 7) is -0.0626. The molecule has 4 nitrogen and oxygen atoms in total. The molecule has 1 rings (SSSR count). The van der Waals surface area contributed by atoms with E-state index in [1.165, 1.54) is 0 Å². The second kappa shape index (κ2) is 4.00. The third kappa shape index (κ3) is 1.98. The van der Waals surface area contributed by atoms with Gasteiger partial charge in [-0.1, -0.05) is 0 Å². The SMILES string of the molecule is CCOP1(F)(F)N(F)P(F)N=P(F)(F)N1F. The van der Waals surface area contributed by atoms with Crippen molar-refractivity contribution in [3.8, 4) is 0 Å². The fourth-order valence-corrected chi connectivity index (χ4v) is 6.70. The van der Waals surface area contributed by atoms with Gasteiger partial charge in [-0.15, -0.1) is 0 Å². The topological polar surface area (TPSA) is 28.1 Å². The average molecular weight is 313 g/mol. The van der Waals surface area contributed by atoms with Gasteiger partial charge in [-0.2, -0.15) is 0 Å². The van der Waals surface area contributed by atoms with Crippen LogP contribution in [0.5, 0.6) is 0 Å². The third-order valence-electron chi connectivity index (χ3n) is 1.39. The molecule has 0 radical (unpaired) electrons. The molecule has 0 spiro atoms. The molecule has 0 N–H and O–H groups in total. The molecule has 0 aromatic rings. The van der Waals surface area contributed by atoms with E-state index in [2.05, 4.69) is 4.52 Å². The van der Waals surface area contributed by atoms with E-state index >= 15 is 0 Å². The Balaban J connectivity index is 3.36. The maximum atomic E-state index is 13.4. The van der Waals surface area contributed by atoms with Crippen LogP contribution in [0, 0.1) is 0 Å². The van der Waals surface area contributed by atoms with Gasteiger partial charge in [-0.25, -0.2) is 0 Å². The van der Waals surface area contributed by atoms with Crippen LogP contribution in [0.4, 0.5) is 29.9 Å².